The number of nitro groups is 1. The summed E-state index contributed by atoms with van der Waals surface area (Å²) in [5, 5.41) is 18.3. The summed E-state index contributed by atoms with van der Waals surface area (Å²) in [6.07, 6.45) is 1.62. The number of hydrogen-bond donors (Lipinski definition) is 1. The topological polar surface area (TPSA) is 118 Å². The fourth-order valence-corrected chi connectivity index (χ4v) is 3.35. The molecule has 4 aromatic rings. The first-order chi connectivity index (χ1) is 17.3. The maximum absolute atomic E-state index is 12.8. The van der Waals surface area contributed by atoms with Crippen LogP contribution in [0.2, 0.25) is 0 Å². The van der Waals surface area contributed by atoms with Crippen LogP contribution in [-0.2, 0) is 6.73 Å². The zero-order chi connectivity index (χ0) is 25.7. The summed E-state index contributed by atoms with van der Waals surface area (Å²) in [5.74, 6) is 1.50. The molecule has 10 nitrogen and oxygen atoms in total. The number of aromatic nitrogens is 2. The second-order valence-electron chi connectivity index (χ2n) is 7.99. The van der Waals surface area contributed by atoms with E-state index in [1.54, 1.807) is 37.6 Å². The first-order valence-electron chi connectivity index (χ1n) is 11.0. The highest BCUT2D eigenvalue weighted by Crippen LogP contribution is 2.30. The number of methoxy groups -OCH3 is 1. The van der Waals surface area contributed by atoms with Gasteiger partial charge < -0.3 is 19.5 Å². The second kappa shape index (κ2) is 10.6. The predicted octanol–water partition coefficient (Wildman–Crippen LogP) is 5.50. The average molecular weight is 489 g/mol. The molecule has 0 aliphatic rings. The van der Waals surface area contributed by atoms with Gasteiger partial charge >= 0.3 is 0 Å². The maximum Gasteiger partial charge on any atom is 0.276 e. The highest BCUT2D eigenvalue weighted by molar-refractivity contribution is 6.03. The molecule has 0 bridgehead atoms. The van der Waals surface area contributed by atoms with Crippen LogP contribution in [0.4, 0.5) is 11.4 Å². The third-order valence-corrected chi connectivity index (χ3v) is 5.22. The average Bonchev–Trinajstić information content (AvgIpc) is 3.34. The SMILES string of the molecule is COc1ccc(Oc2cc(NC(=O)c3ccn(COc4cc(C)ccc4C)n3)cc([N+](=O)[O-])c2)cc1. The molecule has 10 heteroatoms. The molecule has 0 atom stereocenters. The monoisotopic (exact) mass is 488 g/mol. The number of benzene rings is 3. The molecule has 0 saturated heterocycles. The van der Waals surface area contributed by atoms with Crippen molar-refractivity contribution in [2.45, 2.75) is 20.6 Å². The number of nitrogens with zero attached hydrogens (tertiary/aromatic N) is 3. The highest BCUT2D eigenvalue weighted by atomic mass is 16.6. The number of carbonyl (C=O) groups is 1. The van der Waals surface area contributed by atoms with E-state index in [-0.39, 0.29) is 29.5 Å². The molecule has 0 fully saturated rings. The molecule has 1 amide bonds. The molecule has 184 valence electrons. The minimum atomic E-state index is -0.560. The summed E-state index contributed by atoms with van der Waals surface area (Å²) >= 11 is 0. The Balaban J connectivity index is 1.46. The molecule has 0 aliphatic carbocycles. The van der Waals surface area contributed by atoms with Crippen molar-refractivity contribution in [1.82, 2.24) is 9.78 Å². The number of aryl methyl sites for hydroxylation is 2. The van der Waals surface area contributed by atoms with Crippen LogP contribution in [0.5, 0.6) is 23.0 Å². The Morgan fingerprint density at radius 1 is 1.00 bits per heavy atom. The van der Waals surface area contributed by atoms with Crippen LogP contribution in [0.3, 0.4) is 0 Å². The predicted molar refractivity (Wildman–Crippen MR) is 133 cm³/mol. The van der Waals surface area contributed by atoms with Crippen LogP contribution < -0.4 is 19.5 Å². The Labute approximate surface area is 207 Å². The number of nitrogens with one attached hydrogen (secondary N) is 1. The van der Waals surface area contributed by atoms with Gasteiger partial charge in [-0.05, 0) is 61.4 Å². The summed E-state index contributed by atoms with van der Waals surface area (Å²) < 4.78 is 18.2. The van der Waals surface area contributed by atoms with Crippen LogP contribution in [0.25, 0.3) is 0 Å². The molecular formula is C26H24N4O6. The third kappa shape index (κ3) is 5.98. The van der Waals surface area contributed by atoms with Gasteiger partial charge in [-0.1, -0.05) is 12.1 Å². The van der Waals surface area contributed by atoms with E-state index in [1.807, 2.05) is 32.0 Å². The normalized spacial score (nSPS) is 10.5. The van der Waals surface area contributed by atoms with E-state index in [4.69, 9.17) is 14.2 Å². The van der Waals surface area contributed by atoms with Gasteiger partial charge in [-0.2, -0.15) is 5.10 Å². The summed E-state index contributed by atoms with van der Waals surface area (Å²) in [6, 6.07) is 18.2. The standard InChI is InChI=1S/C26H24N4O6/c1-17-4-5-18(2)25(12-17)35-16-29-11-10-24(28-29)26(31)27-19-13-20(30(32)33)15-23(14-19)36-22-8-6-21(34-3)7-9-22/h4-15H,16H2,1-3H3,(H,27,31). The number of non-ortho nitro benzene ring substituents is 1. The summed E-state index contributed by atoms with van der Waals surface area (Å²) in [6.45, 7) is 4.04. The molecular weight excluding hydrogens is 464 g/mol. The van der Waals surface area contributed by atoms with Crippen LogP contribution in [0.1, 0.15) is 21.6 Å². The Bertz CT molecular complexity index is 1400. The van der Waals surface area contributed by atoms with E-state index in [0.717, 1.165) is 16.9 Å². The van der Waals surface area contributed by atoms with Gasteiger partial charge in [-0.15, -0.1) is 0 Å². The zero-order valence-electron chi connectivity index (χ0n) is 19.9. The van der Waals surface area contributed by atoms with E-state index in [0.29, 0.717) is 11.5 Å². The molecule has 36 heavy (non-hydrogen) atoms. The third-order valence-electron chi connectivity index (χ3n) is 5.22. The molecule has 0 saturated carbocycles. The Kier molecular flexibility index (Phi) is 7.15. The first kappa shape index (κ1) is 24.3. The highest BCUT2D eigenvalue weighted by Gasteiger charge is 2.16. The number of ether oxygens (including phenoxy) is 3. The van der Waals surface area contributed by atoms with Crippen LogP contribution in [0.15, 0.2) is 72.9 Å². The van der Waals surface area contributed by atoms with Crippen molar-refractivity contribution in [3.8, 4) is 23.0 Å². The molecule has 3 aromatic carbocycles. The van der Waals surface area contributed by atoms with Crippen molar-refractivity contribution < 1.29 is 23.9 Å². The molecule has 0 radical (unpaired) electrons. The summed E-state index contributed by atoms with van der Waals surface area (Å²) in [7, 11) is 1.55. The van der Waals surface area contributed by atoms with Gasteiger partial charge in [0.25, 0.3) is 11.6 Å². The molecule has 0 aliphatic heterocycles. The fraction of sp³-hybridized carbons (Fsp3) is 0.154. The van der Waals surface area contributed by atoms with Crippen molar-refractivity contribution in [2.24, 2.45) is 0 Å². The van der Waals surface area contributed by atoms with Crippen LogP contribution >= 0.6 is 0 Å². The lowest BCUT2D eigenvalue weighted by molar-refractivity contribution is -0.384. The minimum absolute atomic E-state index is 0.119. The summed E-state index contributed by atoms with van der Waals surface area (Å²) in [5.41, 5.74) is 2.15. The number of rotatable bonds is 9. The number of hydrogen-bond acceptors (Lipinski definition) is 7. The fourth-order valence-electron chi connectivity index (χ4n) is 3.35. The van der Waals surface area contributed by atoms with E-state index in [2.05, 4.69) is 10.4 Å². The maximum atomic E-state index is 12.8. The number of carbonyl (C=O) groups excluding carboxylic acids is 1. The number of nitro benzene ring substituents is 1. The van der Waals surface area contributed by atoms with Crippen molar-refractivity contribution in [3.05, 3.63) is 99.9 Å². The van der Waals surface area contributed by atoms with Crippen molar-refractivity contribution >= 4 is 17.3 Å². The van der Waals surface area contributed by atoms with Gasteiger partial charge in [-0.3, -0.25) is 14.9 Å². The Morgan fingerprint density at radius 2 is 1.75 bits per heavy atom. The van der Waals surface area contributed by atoms with Gasteiger partial charge in [-0.25, -0.2) is 4.68 Å². The van der Waals surface area contributed by atoms with E-state index in [9.17, 15) is 14.9 Å². The molecule has 0 unspecified atom stereocenters. The lowest BCUT2D eigenvalue weighted by atomic mass is 10.1. The summed E-state index contributed by atoms with van der Waals surface area (Å²) in [4.78, 5) is 23.6. The largest absolute Gasteiger partial charge is 0.497 e. The molecule has 1 aromatic heterocycles. The molecule has 4 rings (SSSR count). The van der Waals surface area contributed by atoms with Gasteiger partial charge in [0.2, 0.25) is 0 Å². The van der Waals surface area contributed by atoms with E-state index >= 15 is 0 Å². The smallest absolute Gasteiger partial charge is 0.276 e. The first-order valence-corrected chi connectivity index (χ1v) is 11.0. The molecule has 0 spiro atoms. The zero-order valence-corrected chi connectivity index (χ0v) is 19.9. The quantitative estimate of drug-likeness (QED) is 0.244. The minimum Gasteiger partial charge on any atom is -0.497 e. The van der Waals surface area contributed by atoms with E-state index in [1.165, 1.54) is 28.9 Å². The second-order valence-corrected chi connectivity index (χ2v) is 7.99. The van der Waals surface area contributed by atoms with Crippen LogP contribution in [0, 0.1) is 24.0 Å². The Hall–Kier alpha value is -4.86. The van der Waals surface area contributed by atoms with Crippen molar-refractivity contribution in [3.63, 3.8) is 0 Å². The van der Waals surface area contributed by atoms with Gasteiger partial charge in [0.1, 0.15) is 23.0 Å². The lowest BCUT2D eigenvalue weighted by Gasteiger charge is -2.10. The van der Waals surface area contributed by atoms with E-state index < -0.39 is 10.8 Å². The molecule has 1 heterocycles. The van der Waals surface area contributed by atoms with Gasteiger partial charge in [0, 0.05) is 18.3 Å². The Morgan fingerprint density at radius 3 is 2.47 bits per heavy atom. The number of amides is 1. The lowest BCUT2D eigenvalue weighted by Crippen LogP contribution is -2.14. The van der Waals surface area contributed by atoms with Crippen molar-refractivity contribution in [1.29, 1.82) is 0 Å². The van der Waals surface area contributed by atoms with Gasteiger partial charge in [0.05, 0.1) is 23.8 Å². The molecule has 1 N–H and O–H groups in total. The number of anilines is 1. The van der Waals surface area contributed by atoms with Gasteiger partial charge in [0.15, 0.2) is 12.4 Å². The van der Waals surface area contributed by atoms with Crippen LogP contribution in [-0.4, -0.2) is 27.7 Å². The van der Waals surface area contributed by atoms with Crippen molar-refractivity contribution in [2.75, 3.05) is 12.4 Å².